The molecule has 3 N–H and O–H groups in total. The van der Waals surface area contributed by atoms with E-state index in [-0.39, 0.29) is 24.8 Å². The SMILES string of the molecule is COCCNc1nn(C(C)C)cc1N.Cl.Cl. The molecule has 0 saturated heterocycles. The number of methoxy groups -OCH3 is 1. The summed E-state index contributed by atoms with van der Waals surface area (Å²) < 4.78 is 6.76. The lowest BCUT2D eigenvalue weighted by atomic mass is 10.4. The van der Waals surface area contributed by atoms with E-state index < -0.39 is 0 Å². The van der Waals surface area contributed by atoms with Gasteiger partial charge in [0.25, 0.3) is 0 Å². The number of nitrogens with one attached hydrogen (secondary N) is 1. The molecule has 0 aliphatic heterocycles. The number of nitrogens with zero attached hydrogens (tertiary/aromatic N) is 2. The molecule has 16 heavy (non-hydrogen) atoms. The highest BCUT2D eigenvalue weighted by Gasteiger charge is 2.06. The monoisotopic (exact) mass is 270 g/mol. The molecule has 0 fully saturated rings. The van der Waals surface area contributed by atoms with E-state index in [1.54, 1.807) is 7.11 Å². The summed E-state index contributed by atoms with van der Waals surface area (Å²) in [6.07, 6.45) is 1.83. The molecular weight excluding hydrogens is 251 g/mol. The lowest BCUT2D eigenvalue weighted by Gasteiger charge is -2.04. The van der Waals surface area contributed by atoms with Gasteiger partial charge in [0.05, 0.1) is 18.5 Å². The molecule has 0 radical (unpaired) electrons. The molecule has 7 heteroatoms. The van der Waals surface area contributed by atoms with Crippen LogP contribution in [0.15, 0.2) is 6.20 Å². The Balaban J connectivity index is 0. The average molecular weight is 271 g/mol. The predicted molar refractivity (Wildman–Crippen MR) is 71.9 cm³/mol. The van der Waals surface area contributed by atoms with Gasteiger partial charge in [-0.15, -0.1) is 24.8 Å². The van der Waals surface area contributed by atoms with Crippen molar-refractivity contribution in [1.29, 1.82) is 0 Å². The highest BCUT2D eigenvalue weighted by molar-refractivity contribution is 5.85. The zero-order valence-electron chi connectivity index (χ0n) is 9.77. The minimum Gasteiger partial charge on any atom is -0.394 e. The molecule has 1 rings (SSSR count). The molecule has 0 spiro atoms. The molecule has 0 unspecified atom stereocenters. The van der Waals surface area contributed by atoms with Gasteiger partial charge in [-0.3, -0.25) is 4.68 Å². The smallest absolute Gasteiger partial charge is 0.171 e. The second-order valence-corrected chi connectivity index (χ2v) is 3.43. The average Bonchev–Trinajstić information content (AvgIpc) is 2.49. The van der Waals surface area contributed by atoms with E-state index in [0.29, 0.717) is 18.3 Å². The third-order valence-corrected chi connectivity index (χ3v) is 1.89. The summed E-state index contributed by atoms with van der Waals surface area (Å²) in [6.45, 7) is 5.49. The normalized spacial score (nSPS) is 9.50. The van der Waals surface area contributed by atoms with Crippen LogP contribution in [0.4, 0.5) is 11.5 Å². The number of aromatic nitrogens is 2. The summed E-state index contributed by atoms with van der Waals surface area (Å²) in [5.74, 6) is 0.732. The van der Waals surface area contributed by atoms with Gasteiger partial charge in [-0.25, -0.2) is 0 Å². The first kappa shape index (κ1) is 17.7. The maximum atomic E-state index is 5.77. The van der Waals surface area contributed by atoms with Gasteiger partial charge in [0.15, 0.2) is 5.82 Å². The zero-order valence-corrected chi connectivity index (χ0v) is 11.4. The molecule has 1 heterocycles. The van der Waals surface area contributed by atoms with Crippen molar-refractivity contribution in [2.45, 2.75) is 19.9 Å². The second-order valence-electron chi connectivity index (χ2n) is 3.43. The minimum atomic E-state index is 0. The Labute approximate surface area is 109 Å². The third-order valence-electron chi connectivity index (χ3n) is 1.89. The van der Waals surface area contributed by atoms with Gasteiger partial charge in [0, 0.05) is 19.7 Å². The first-order chi connectivity index (χ1) is 6.65. The predicted octanol–water partition coefficient (Wildman–Crippen LogP) is 1.95. The lowest BCUT2D eigenvalue weighted by molar-refractivity contribution is 0.210. The third kappa shape index (κ3) is 4.92. The fourth-order valence-corrected chi connectivity index (χ4v) is 1.08. The molecule has 0 aliphatic carbocycles. The number of nitrogens with two attached hydrogens (primary N) is 1. The van der Waals surface area contributed by atoms with Crippen LogP contribution in [0.25, 0.3) is 0 Å². The van der Waals surface area contributed by atoms with Crippen LogP contribution in [0.1, 0.15) is 19.9 Å². The van der Waals surface area contributed by atoms with Gasteiger partial charge >= 0.3 is 0 Å². The maximum absolute atomic E-state index is 5.77. The Morgan fingerprint density at radius 3 is 2.56 bits per heavy atom. The fourth-order valence-electron chi connectivity index (χ4n) is 1.08. The van der Waals surface area contributed by atoms with E-state index in [1.807, 2.05) is 10.9 Å². The first-order valence-corrected chi connectivity index (χ1v) is 4.72. The summed E-state index contributed by atoms with van der Waals surface area (Å²) in [6, 6.07) is 0.329. The number of nitrogen functional groups attached to an aromatic ring is 1. The molecule has 1 aromatic rings. The lowest BCUT2D eigenvalue weighted by Crippen LogP contribution is -2.09. The van der Waals surface area contributed by atoms with Gasteiger partial charge in [0.2, 0.25) is 0 Å². The summed E-state index contributed by atoms with van der Waals surface area (Å²) in [5.41, 5.74) is 6.45. The Hall–Kier alpha value is -0.650. The van der Waals surface area contributed by atoms with E-state index in [2.05, 4.69) is 24.3 Å². The van der Waals surface area contributed by atoms with Crippen LogP contribution in [0.2, 0.25) is 0 Å². The van der Waals surface area contributed by atoms with Crippen molar-refractivity contribution in [2.24, 2.45) is 0 Å². The van der Waals surface area contributed by atoms with E-state index in [0.717, 1.165) is 12.4 Å². The summed E-state index contributed by atoms with van der Waals surface area (Å²) >= 11 is 0. The Morgan fingerprint density at radius 1 is 1.50 bits per heavy atom. The number of anilines is 2. The second kappa shape index (κ2) is 8.50. The van der Waals surface area contributed by atoms with Crippen molar-refractivity contribution in [1.82, 2.24) is 9.78 Å². The standard InChI is InChI=1S/C9H18N4O.2ClH/c1-7(2)13-6-8(10)9(12-13)11-4-5-14-3;;/h6-7H,4-5,10H2,1-3H3,(H,11,12);2*1H. The fraction of sp³-hybridized carbons (Fsp3) is 0.667. The molecule has 1 aromatic heterocycles. The minimum absolute atomic E-state index is 0. The van der Waals surface area contributed by atoms with Crippen LogP contribution in [-0.2, 0) is 4.74 Å². The number of ether oxygens (including phenoxy) is 1. The number of halogens is 2. The van der Waals surface area contributed by atoms with Gasteiger partial charge in [0.1, 0.15) is 0 Å². The molecule has 0 bridgehead atoms. The van der Waals surface area contributed by atoms with Crippen LogP contribution < -0.4 is 11.1 Å². The Kier molecular flexibility index (Phi) is 9.42. The summed E-state index contributed by atoms with van der Waals surface area (Å²) in [5, 5.41) is 7.41. The summed E-state index contributed by atoms with van der Waals surface area (Å²) in [4.78, 5) is 0. The van der Waals surface area contributed by atoms with Crippen molar-refractivity contribution in [3.05, 3.63) is 6.20 Å². The summed E-state index contributed by atoms with van der Waals surface area (Å²) in [7, 11) is 1.66. The van der Waals surface area contributed by atoms with Gasteiger partial charge in [-0.1, -0.05) is 0 Å². The molecular formula is C9H20Cl2N4O. The number of hydrogen-bond donors (Lipinski definition) is 2. The van der Waals surface area contributed by atoms with Gasteiger partial charge in [-0.05, 0) is 13.8 Å². The molecule has 5 nitrogen and oxygen atoms in total. The quantitative estimate of drug-likeness (QED) is 0.803. The van der Waals surface area contributed by atoms with Crippen molar-refractivity contribution in [3.8, 4) is 0 Å². The molecule has 96 valence electrons. The number of rotatable bonds is 5. The Morgan fingerprint density at radius 2 is 2.12 bits per heavy atom. The maximum Gasteiger partial charge on any atom is 0.171 e. The van der Waals surface area contributed by atoms with Crippen molar-refractivity contribution in [3.63, 3.8) is 0 Å². The van der Waals surface area contributed by atoms with E-state index in [9.17, 15) is 0 Å². The van der Waals surface area contributed by atoms with Crippen molar-refractivity contribution >= 4 is 36.3 Å². The molecule has 0 amide bonds. The molecule has 0 saturated carbocycles. The van der Waals surface area contributed by atoms with Crippen LogP contribution in [0.5, 0.6) is 0 Å². The van der Waals surface area contributed by atoms with Crippen LogP contribution in [0, 0.1) is 0 Å². The number of hydrogen-bond acceptors (Lipinski definition) is 4. The van der Waals surface area contributed by atoms with E-state index in [4.69, 9.17) is 10.5 Å². The molecule has 0 aromatic carbocycles. The van der Waals surface area contributed by atoms with Crippen LogP contribution in [0.3, 0.4) is 0 Å². The van der Waals surface area contributed by atoms with Gasteiger partial charge in [-0.2, -0.15) is 5.10 Å². The van der Waals surface area contributed by atoms with E-state index >= 15 is 0 Å². The van der Waals surface area contributed by atoms with E-state index in [1.165, 1.54) is 0 Å². The van der Waals surface area contributed by atoms with Crippen LogP contribution >= 0.6 is 24.8 Å². The highest BCUT2D eigenvalue weighted by atomic mass is 35.5. The van der Waals surface area contributed by atoms with Crippen LogP contribution in [-0.4, -0.2) is 30.0 Å². The van der Waals surface area contributed by atoms with Crippen molar-refractivity contribution < 1.29 is 4.74 Å². The largest absolute Gasteiger partial charge is 0.394 e. The topological polar surface area (TPSA) is 65.1 Å². The Bertz CT molecular complexity index is 291. The van der Waals surface area contributed by atoms with Crippen molar-refractivity contribution in [2.75, 3.05) is 31.3 Å². The zero-order chi connectivity index (χ0) is 10.6. The molecule has 0 atom stereocenters. The molecule has 0 aliphatic rings. The first-order valence-electron chi connectivity index (χ1n) is 4.72. The van der Waals surface area contributed by atoms with Gasteiger partial charge < -0.3 is 15.8 Å². The highest BCUT2D eigenvalue weighted by Crippen LogP contribution is 2.17.